The molecule has 0 heterocycles. The van der Waals surface area contributed by atoms with E-state index >= 15 is 0 Å². The molecule has 0 aliphatic carbocycles. The molecule has 0 spiro atoms. The van der Waals surface area contributed by atoms with Gasteiger partial charge in [-0.05, 0) is 12.5 Å². The van der Waals surface area contributed by atoms with Crippen LogP contribution in [0.3, 0.4) is 0 Å². The SMILES string of the molecule is CCCCOC(=O)c1c(Cl)c(Cl)cc(S(N)(=O)=O)c1Cl. The number of primary sulfonamides is 1. The van der Waals surface area contributed by atoms with Crippen LogP contribution in [0.1, 0.15) is 30.1 Å². The van der Waals surface area contributed by atoms with E-state index in [1.807, 2.05) is 6.92 Å². The van der Waals surface area contributed by atoms with Crippen molar-refractivity contribution in [3.8, 4) is 0 Å². The number of esters is 1. The van der Waals surface area contributed by atoms with Crippen molar-refractivity contribution in [3.63, 3.8) is 0 Å². The van der Waals surface area contributed by atoms with E-state index in [-0.39, 0.29) is 22.2 Å². The van der Waals surface area contributed by atoms with Crippen molar-refractivity contribution >= 4 is 50.8 Å². The van der Waals surface area contributed by atoms with Gasteiger partial charge >= 0.3 is 5.97 Å². The van der Waals surface area contributed by atoms with Crippen molar-refractivity contribution in [2.75, 3.05) is 6.61 Å². The Balaban J connectivity index is 3.32. The number of unbranched alkanes of at least 4 members (excludes halogenated alkanes) is 1. The largest absolute Gasteiger partial charge is 0.462 e. The van der Waals surface area contributed by atoms with Gasteiger partial charge in [0.15, 0.2) is 0 Å². The van der Waals surface area contributed by atoms with E-state index in [0.717, 1.165) is 12.5 Å². The van der Waals surface area contributed by atoms with Crippen LogP contribution >= 0.6 is 34.8 Å². The summed E-state index contributed by atoms with van der Waals surface area (Å²) in [4.78, 5) is 11.4. The second kappa shape index (κ2) is 6.95. The molecular weight excluding hydrogens is 349 g/mol. The standard InChI is InChI=1S/C11H12Cl3NO4S/c1-2-3-4-19-11(16)8-9(13)6(12)5-7(10(8)14)20(15,17)18/h5H,2-4H2,1H3,(H2,15,17,18). The maximum atomic E-state index is 11.9. The predicted octanol–water partition coefficient (Wildman–Crippen LogP) is 3.25. The van der Waals surface area contributed by atoms with E-state index in [4.69, 9.17) is 44.7 Å². The smallest absolute Gasteiger partial charge is 0.341 e. The monoisotopic (exact) mass is 359 g/mol. The number of carbonyl (C=O) groups excluding carboxylic acids is 1. The summed E-state index contributed by atoms with van der Waals surface area (Å²) in [5.74, 6) is -0.846. The first-order valence-corrected chi connectivity index (χ1v) is 8.25. The Morgan fingerprint density at radius 3 is 2.40 bits per heavy atom. The van der Waals surface area contributed by atoms with Crippen LogP contribution in [-0.4, -0.2) is 21.0 Å². The first-order chi connectivity index (χ1) is 9.20. The first-order valence-electron chi connectivity index (χ1n) is 5.57. The van der Waals surface area contributed by atoms with Gasteiger partial charge in [-0.2, -0.15) is 0 Å². The second-order valence-electron chi connectivity index (χ2n) is 3.89. The highest BCUT2D eigenvalue weighted by Crippen LogP contribution is 2.36. The molecule has 0 unspecified atom stereocenters. The molecule has 0 saturated heterocycles. The molecule has 1 aromatic carbocycles. The van der Waals surface area contributed by atoms with E-state index in [1.54, 1.807) is 0 Å². The lowest BCUT2D eigenvalue weighted by Gasteiger charge is -2.11. The summed E-state index contributed by atoms with van der Waals surface area (Å²) in [5.41, 5.74) is -0.305. The molecule has 0 aromatic heterocycles. The van der Waals surface area contributed by atoms with Gasteiger partial charge in [-0.15, -0.1) is 0 Å². The number of hydrogen-bond acceptors (Lipinski definition) is 4. The van der Waals surface area contributed by atoms with Gasteiger partial charge in [0.25, 0.3) is 0 Å². The summed E-state index contributed by atoms with van der Waals surface area (Å²) >= 11 is 17.5. The average molecular weight is 361 g/mol. The highest BCUT2D eigenvalue weighted by molar-refractivity contribution is 7.89. The number of rotatable bonds is 5. The fraction of sp³-hybridized carbons (Fsp3) is 0.364. The number of hydrogen-bond donors (Lipinski definition) is 1. The van der Waals surface area contributed by atoms with Crippen molar-refractivity contribution < 1.29 is 17.9 Å². The number of benzene rings is 1. The summed E-state index contributed by atoms with van der Waals surface area (Å²) in [6, 6.07) is 0.990. The average Bonchev–Trinajstić information content (AvgIpc) is 2.33. The molecule has 20 heavy (non-hydrogen) atoms. The molecule has 1 aromatic rings. The number of ether oxygens (including phenoxy) is 1. The maximum Gasteiger partial charge on any atom is 0.341 e. The van der Waals surface area contributed by atoms with Gasteiger partial charge in [0.2, 0.25) is 10.0 Å². The molecule has 9 heteroatoms. The molecule has 5 nitrogen and oxygen atoms in total. The quantitative estimate of drug-likeness (QED) is 0.496. The van der Waals surface area contributed by atoms with Crippen LogP contribution in [0.25, 0.3) is 0 Å². The zero-order valence-electron chi connectivity index (χ0n) is 10.5. The van der Waals surface area contributed by atoms with Crippen LogP contribution < -0.4 is 5.14 Å². The molecule has 0 fully saturated rings. The van der Waals surface area contributed by atoms with Gasteiger partial charge in [0, 0.05) is 0 Å². The minimum absolute atomic E-state index is 0.150. The lowest BCUT2D eigenvalue weighted by Crippen LogP contribution is -2.16. The minimum atomic E-state index is -4.14. The van der Waals surface area contributed by atoms with Gasteiger partial charge in [-0.1, -0.05) is 48.1 Å². The van der Waals surface area contributed by atoms with Crippen LogP contribution in [0.4, 0.5) is 0 Å². The lowest BCUT2D eigenvalue weighted by atomic mass is 10.2. The number of sulfonamides is 1. The van der Waals surface area contributed by atoms with Crippen molar-refractivity contribution in [3.05, 3.63) is 26.7 Å². The molecule has 0 atom stereocenters. The molecule has 0 aliphatic rings. The van der Waals surface area contributed by atoms with Crippen LogP contribution in [0.5, 0.6) is 0 Å². The topological polar surface area (TPSA) is 86.5 Å². The fourth-order valence-corrected chi connectivity index (χ4v) is 3.07. The Bertz CT molecular complexity index is 631. The van der Waals surface area contributed by atoms with Crippen LogP contribution in [0, 0.1) is 0 Å². The number of halogens is 3. The zero-order valence-corrected chi connectivity index (χ0v) is 13.5. The van der Waals surface area contributed by atoms with Crippen LogP contribution in [0.15, 0.2) is 11.0 Å². The van der Waals surface area contributed by atoms with Gasteiger partial charge in [0.1, 0.15) is 4.90 Å². The van der Waals surface area contributed by atoms with Crippen LogP contribution in [0.2, 0.25) is 15.1 Å². The van der Waals surface area contributed by atoms with Crippen molar-refractivity contribution in [1.82, 2.24) is 0 Å². The van der Waals surface area contributed by atoms with Crippen molar-refractivity contribution in [1.29, 1.82) is 0 Å². The maximum absolute atomic E-state index is 11.9. The third-order valence-corrected chi connectivity index (χ3v) is 4.59. The highest BCUT2D eigenvalue weighted by atomic mass is 35.5. The Morgan fingerprint density at radius 1 is 1.30 bits per heavy atom. The minimum Gasteiger partial charge on any atom is -0.462 e. The number of carbonyl (C=O) groups is 1. The van der Waals surface area contributed by atoms with Gasteiger partial charge in [-0.3, -0.25) is 0 Å². The fourth-order valence-electron chi connectivity index (χ4n) is 1.35. The molecule has 0 saturated carbocycles. The molecule has 112 valence electrons. The van der Waals surface area contributed by atoms with Gasteiger partial charge in [-0.25, -0.2) is 18.4 Å². The molecule has 2 N–H and O–H groups in total. The summed E-state index contributed by atoms with van der Waals surface area (Å²) in [5, 5.41) is 4.28. The third kappa shape index (κ3) is 3.99. The Labute approximate surface area is 132 Å². The Hall–Kier alpha value is -0.530. The highest BCUT2D eigenvalue weighted by Gasteiger charge is 2.26. The molecule has 1 rings (SSSR count). The molecular formula is C11H12Cl3NO4S. The van der Waals surface area contributed by atoms with Gasteiger partial charge < -0.3 is 4.74 Å². The predicted molar refractivity (Wildman–Crippen MR) is 78.0 cm³/mol. The lowest BCUT2D eigenvalue weighted by molar-refractivity contribution is 0.0500. The van der Waals surface area contributed by atoms with E-state index < -0.39 is 25.9 Å². The van der Waals surface area contributed by atoms with Crippen molar-refractivity contribution in [2.24, 2.45) is 5.14 Å². The van der Waals surface area contributed by atoms with E-state index in [2.05, 4.69) is 0 Å². The molecule has 0 bridgehead atoms. The van der Waals surface area contributed by atoms with Crippen LogP contribution in [-0.2, 0) is 14.8 Å². The normalized spacial score (nSPS) is 11.4. The third-order valence-electron chi connectivity index (χ3n) is 2.36. The Morgan fingerprint density at radius 2 is 1.90 bits per heavy atom. The summed E-state index contributed by atoms with van der Waals surface area (Å²) in [6.45, 7) is 2.09. The van der Waals surface area contributed by atoms with Crippen molar-refractivity contribution in [2.45, 2.75) is 24.7 Å². The molecule has 0 aliphatic heterocycles. The van der Waals surface area contributed by atoms with E-state index in [0.29, 0.717) is 6.42 Å². The zero-order chi connectivity index (χ0) is 15.5. The van der Waals surface area contributed by atoms with E-state index in [1.165, 1.54) is 0 Å². The molecule has 0 radical (unpaired) electrons. The van der Waals surface area contributed by atoms with Gasteiger partial charge in [0.05, 0.1) is 27.2 Å². The second-order valence-corrected chi connectivity index (χ2v) is 6.59. The summed E-state index contributed by atoms with van der Waals surface area (Å²) in [7, 11) is -4.14. The molecule has 0 amide bonds. The first kappa shape index (κ1) is 17.5. The Kier molecular flexibility index (Phi) is 6.09. The summed E-state index contributed by atoms with van der Waals surface area (Å²) in [6.07, 6.45) is 1.48. The summed E-state index contributed by atoms with van der Waals surface area (Å²) < 4.78 is 27.7. The van der Waals surface area contributed by atoms with E-state index in [9.17, 15) is 13.2 Å². The number of nitrogens with two attached hydrogens (primary N) is 1.